The number of nitrogens with one attached hydrogen (secondary N) is 2. The van der Waals surface area contributed by atoms with Crippen molar-refractivity contribution in [3.05, 3.63) is 29.6 Å². The van der Waals surface area contributed by atoms with Crippen LogP contribution < -0.4 is 10.7 Å². The van der Waals surface area contributed by atoms with E-state index in [4.69, 9.17) is 5.26 Å². The molecule has 2 rings (SSSR count). The second-order valence-corrected chi connectivity index (χ2v) is 3.85. The highest BCUT2D eigenvalue weighted by atomic mass is 19.1. The predicted molar refractivity (Wildman–Crippen MR) is 64.6 cm³/mol. The number of nitriles is 1. The maximum absolute atomic E-state index is 12.9. The van der Waals surface area contributed by atoms with Crippen LogP contribution in [0.2, 0.25) is 0 Å². The van der Waals surface area contributed by atoms with Crippen LogP contribution in [0, 0.1) is 17.1 Å². The summed E-state index contributed by atoms with van der Waals surface area (Å²) in [6.07, 6.45) is 0.404. The fourth-order valence-electron chi connectivity index (χ4n) is 1.55. The SMILES string of the molecule is N#Cc1cc(F)ccc1NC(=O)C1=NNC(=O)CC1. The molecule has 96 valence electrons. The fourth-order valence-corrected chi connectivity index (χ4v) is 1.55. The van der Waals surface area contributed by atoms with Crippen LogP contribution in [0.3, 0.4) is 0 Å². The molecule has 6 nitrogen and oxygen atoms in total. The summed E-state index contributed by atoms with van der Waals surface area (Å²) >= 11 is 0. The Labute approximate surface area is 107 Å². The highest BCUT2D eigenvalue weighted by Crippen LogP contribution is 2.16. The summed E-state index contributed by atoms with van der Waals surface area (Å²) in [4.78, 5) is 22.7. The number of hydrogen-bond donors (Lipinski definition) is 2. The van der Waals surface area contributed by atoms with E-state index >= 15 is 0 Å². The second kappa shape index (κ2) is 5.27. The van der Waals surface area contributed by atoms with Crippen LogP contribution in [0.25, 0.3) is 0 Å². The molecule has 7 heteroatoms. The Morgan fingerprint density at radius 2 is 2.26 bits per heavy atom. The lowest BCUT2D eigenvalue weighted by Gasteiger charge is -2.12. The third-order valence-corrected chi connectivity index (χ3v) is 2.52. The molecule has 0 saturated heterocycles. The van der Waals surface area contributed by atoms with E-state index in [1.54, 1.807) is 6.07 Å². The molecule has 2 amide bonds. The number of amides is 2. The third kappa shape index (κ3) is 2.93. The number of anilines is 1. The van der Waals surface area contributed by atoms with Crippen molar-refractivity contribution in [2.45, 2.75) is 12.8 Å². The Morgan fingerprint density at radius 3 is 2.89 bits per heavy atom. The topological polar surface area (TPSA) is 94.3 Å². The summed E-state index contributed by atoms with van der Waals surface area (Å²) in [5.74, 6) is -1.34. The molecule has 0 saturated carbocycles. The van der Waals surface area contributed by atoms with E-state index in [1.807, 2.05) is 0 Å². The maximum Gasteiger partial charge on any atom is 0.271 e. The molecule has 1 aliphatic heterocycles. The van der Waals surface area contributed by atoms with Gasteiger partial charge in [0.1, 0.15) is 17.6 Å². The van der Waals surface area contributed by atoms with Gasteiger partial charge in [-0.25, -0.2) is 9.82 Å². The molecule has 1 heterocycles. The number of nitrogens with zero attached hydrogens (tertiary/aromatic N) is 2. The van der Waals surface area contributed by atoms with Crippen LogP contribution in [-0.2, 0) is 9.59 Å². The lowest BCUT2D eigenvalue weighted by Crippen LogP contribution is -2.32. The van der Waals surface area contributed by atoms with E-state index in [-0.39, 0.29) is 35.7 Å². The highest BCUT2D eigenvalue weighted by Gasteiger charge is 2.19. The first kappa shape index (κ1) is 12.7. The molecule has 2 N–H and O–H groups in total. The first-order valence-electron chi connectivity index (χ1n) is 5.46. The van der Waals surface area contributed by atoms with E-state index in [1.165, 1.54) is 6.07 Å². The Hall–Kier alpha value is -2.75. The number of halogens is 1. The lowest BCUT2D eigenvalue weighted by atomic mass is 10.1. The summed E-state index contributed by atoms with van der Waals surface area (Å²) in [6, 6.07) is 5.25. The Kier molecular flexibility index (Phi) is 3.52. The van der Waals surface area contributed by atoms with Crippen molar-refractivity contribution in [3.63, 3.8) is 0 Å². The Morgan fingerprint density at radius 1 is 1.47 bits per heavy atom. The van der Waals surface area contributed by atoms with E-state index in [0.29, 0.717) is 0 Å². The second-order valence-electron chi connectivity index (χ2n) is 3.85. The van der Waals surface area contributed by atoms with Crippen LogP contribution in [0.15, 0.2) is 23.3 Å². The van der Waals surface area contributed by atoms with E-state index in [2.05, 4.69) is 15.8 Å². The first-order valence-corrected chi connectivity index (χ1v) is 5.46. The molecule has 1 aromatic carbocycles. The largest absolute Gasteiger partial charge is 0.320 e. The highest BCUT2D eigenvalue weighted by molar-refractivity contribution is 6.43. The number of rotatable bonds is 2. The number of benzene rings is 1. The van der Waals surface area contributed by atoms with Crippen LogP contribution in [0.1, 0.15) is 18.4 Å². The van der Waals surface area contributed by atoms with Gasteiger partial charge in [-0.05, 0) is 18.2 Å². The minimum Gasteiger partial charge on any atom is -0.320 e. The van der Waals surface area contributed by atoms with Crippen molar-refractivity contribution in [1.82, 2.24) is 5.43 Å². The zero-order valence-corrected chi connectivity index (χ0v) is 9.74. The lowest BCUT2D eigenvalue weighted by molar-refractivity contribution is -0.121. The van der Waals surface area contributed by atoms with E-state index in [0.717, 1.165) is 12.1 Å². The van der Waals surface area contributed by atoms with Gasteiger partial charge in [0.2, 0.25) is 5.91 Å². The smallest absolute Gasteiger partial charge is 0.271 e. The Bertz CT molecular complexity index is 619. The van der Waals surface area contributed by atoms with Gasteiger partial charge >= 0.3 is 0 Å². The molecule has 0 bridgehead atoms. The standard InChI is InChI=1S/C12H9FN4O2/c13-8-1-2-9(7(5-8)6-14)15-12(19)10-3-4-11(18)17-16-10/h1-2,5H,3-4H2,(H,15,19)(H,17,18). The van der Waals surface area contributed by atoms with E-state index < -0.39 is 11.7 Å². The molecular formula is C12H9FN4O2. The quantitative estimate of drug-likeness (QED) is 0.827. The average Bonchev–Trinajstić information content (AvgIpc) is 2.41. The van der Waals surface area contributed by atoms with Crippen molar-refractivity contribution in [2.24, 2.45) is 5.10 Å². The molecule has 0 spiro atoms. The molecule has 1 aliphatic rings. The molecule has 0 aliphatic carbocycles. The van der Waals surface area contributed by atoms with Crippen LogP contribution in [0.5, 0.6) is 0 Å². The van der Waals surface area contributed by atoms with Gasteiger partial charge in [-0.2, -0.15) is 10.4 Å². The number of carbonyl (C=O) groups is 2. The van der Waals surface area contributed by atoms with Gasteiger partial charge in [-0.1, -0.05) is 0 Å². The van der Waals surface area contributed by atoms with Crippen LogP contribution in [-0.4, -0.2) is 17.5 Å². The minimum atomic E-state index is -0.559. The maximum atomic E-state index is 12.9. The van der Waals surface area contributed by atoms with Gasteiger partial charge in [-0.3, -0.25) is 9.59 Å². The van der Waals surface area contributed by atoms with Crippen molar-refractivity contribution in [3.8, 4) is 6.07 Å². The van der Waals surface area contributed by atoms with Crippen molar-refractivity contribution < 1.29 is 14.0 Å². The molecule has 0 unspecified atom stereocenters. The van der Waals surface area contributed by atoms with Crippen LogP contribution >= 0.6 is 0 Å². The van der Waals surface area contributed by atoms with Gasteiger partial charge in [-0.15, -0.1) is 0 Å². The minimum absolute atomic E-state index is 0.0220. The van der Waals surface area contributed by atoms with Gasteiger partial charge in [0.25, 0.3) is 5.91 Å². The number of carbonyl (C=O) groups excluding carboxylic acids is 2. The molecule has 1 aromatic rings. The summed E-state index contributed by atoms with van der Waals surface area (Å²) in [6.45, 7) is 0. The van der Waals surface area contributed by atoms with Crippen LogP contribution in [0.4, 0.5) is 10.1 Å². The van der Waals surface area contributed by atoms with Gasteiger partial charge in [0, 0.05) is 12.8 Å². The molecule has 0 radical (unpaired) electrons. The molecule has 19 heavy (non-hydrogen) atoms. The zero-order chi connectivity index (χ0) is 13.8. The van der Waals surface area contributed by atoms with Crippen molar-refractivity contribution >= 4 is 23.2 Å². The first-order chi connectivity index (χ1) is 9.10. The monoisotopic (exact) mass is 260 g/mol. The molecule has 0 aromatic heterocycles. The van der Waals surface area contributed by atoms with Gasteiger partial charge in [0.15, 0.2) is 0 Å². The van der Waals surface area contributed by atoms with Gasteiger partial charge in [0.05, 0.1) is 11.3 Å². The average molecular weight is 260 g/mol. The molecular weight excluding hydrogens is 251 g/mol. The van der Waals surface area contributed by atoms with Crippen molar-refractivity contribution in [1.29, 1.82) is 5.26 Å². The molecule has 0 fully saturated rings. The Balaban J connectivity index is 2.16. The summed E-state index contributed by atoms with van der Waals surface area (Å²) in [5.41, 5.74) is 2.58. The van der Waals surface area contributed by atoms with Gasteiger partial charge < -0.3 is 5.32 Å². The normalized spacial score (nSPS) is 14.1. The summed E-state index contributed by atoms with van der Waals surface area (Å²) < 4.78 is 12.9. The number of hydrogen-bond acceptors (Lipinski definition) is 4. The predicted octanol–water partition coefficient (Wildman–Crippen LogP) is 0.902. The van der Waals surface area contributed by atoms with E-state index in [9.17, 15) is 14.0 Å². The third-order valence-electron chi connectivity index (χ3n) is 2.52. The molecule has 0 atom stereocenters. The number of hydrazone groups is 1. The zero-order valence-electron chi connectivity index (χ0n) is 9.74. The summed E-state index contributed by atoms with van der Waals surface area (Å²) in [5, 5.41) is 14.9. The summed E-state index contributed by atoms with van der Waals surface area (Å²) in [7, 11) is 0. The van der Waals surface area contributed by atoms with Crippen molar-refractivity contribution in [2.75, 3.05) is 5.32 Å². The fraction of sp³-hybridized carbons (Fsp3) is 0.167.